The molecule has 0 aliphatic rings. The highest BCUT2D eigenvalue weighted by Gasteiger charge is 2.35. The molecule has 0 spiro atoms. The van der Waals surface area contributed by atoms with Gasteiger partial charge < -0.3 is 5.11 Å². The van der Waals surface area contributed by atoms with Crippen LogP contribution in [-0.2, 0) is 4.79 Å². The minimum absolute atomic E-state index is 0.179. The third-order valence-corrected chi connectivity index (χ3v) is 2.80. The van der Waals surface area contributed by atoms with E-state index in [9.17, 15) is 4.79 Å². The number of hydrogen-bond acceptors (Lipinski definition) is 2. The Labute approximate surface area is 88.4 Å². The van der Waals surface area contributed by atoms with Crippen molar-refractivity contribution in [1.82, 2.24) is 3.02 Å². The topological polar surface area (TPSA) is 40.5 Å². The molecule has 0 heterocycles. The lowest BCUT2D eigenvalue weighted by Gasteiger charge is -2.33. The van der Waals surface area contributed by atoms with Gasteiger partial charge in [-0.25, -0.2) is 0 Å². The highest BCUT2D eigenvalue weighted by Crippen LogP contribution is 2.29. The molecule has 0 aliphatic heterocycles. The van der Waals surface area contributed by atoms with E-state index >= 15 is 0 Å². The minimum Gasteiger partial charge on any atom is -0.480 e. The van der Waals surface area contributed by atoms with Crippen LogP contribution < -0.4 is 0 Å². The Morgan fingerprint density at radius 2 is 2.17 bits per heavy atom. The summed E-state index contributed by atoms with van der Waals surface area (Å²) in [5.74, 6) is -0.751. The van der Waals surface area contributed by atoms with E-state index in [1.54, 1.807) is 11.0 Å². The van der Waals surface area contributed by atoms with E-state index in [1.165, 1.54) is 0 Å². The molecule has 0 bridgehead atoms. The maximum atomic E-state index is 10.9. The van der Waals surface area contributed by atoms with Crippen molar-refractivity contribution in [2.75, 3.05) is 0 Å². The Morgan fingerprint density at radius 3 is 2.25 bits per heavy atom. The van der Waals surface area contributed by atoms with E-state index in [2.05, 4.69) is 0 Å². The van der Waals surface area contributed by atoms with Gasteiger partial charge in [0.05, 0.1) is 0 Å². The van der Waals surface area contributed by atoms with Crippen molar-refractivity contribution >= 4 is 36.8 Å². The molecule has 5 heteroatoms. The van der Waals surface area contributed by atoms with E-state index < -0.39 is 12.0 Å². The first-order chi connectivity index (χ1) is 5.33. The summed E-state index contributed by atoms with van der Waals surface area (Å²) >= 11 is 2.02. The number of carbonyl (C=O) groups is 1. The van der Waals surface area contributed by atoms with Gasteiger partial charge in [0.2, 0.25) is 0 Å². The Morgan fingerprint density at radius 1 is 1.75 bits per heavy atom. The molecule has 1 N–H and O–H groups in total. The van der Waals surface area contributed by atoms with Crippen molar-refractivity contribution in [3.63, 3.8) is 0 Å². The van der Waals surface area contributed by atoms with Gasteiger partial charge in [-0.2, -0.15) is 0 Å². The lowest BCUT2D eigenvalue weighted by Crippen LogP contribution is -2.44. The van der Waals surface area contributed by atoms with Crippen LogP contribution in [0.5, 0.6) is 0 Å². The Bertz CT molecular complexity index is 173. The number of aliphatic carboxylic acids is 1. The van der Waals surface area contributed by atoms with Crippen LogP contribution in [0.15, 0.2) is 0 Å². The molecule has 0 rings (SSSR count). The lowest BCUT2D eigenvalue weighted by atomic mass is 9.81. The zero-order chi connectivity index (χ0) is 9.94. The first-order valence-electron chi connectivity index (χ1n) is 3.94. The highest BCUT2D eigenvalue weighted by atomic mass is 127. The summed E-state index contributed by atoms with van der Waals surface area (Å²) in [6, 6.07) is -0.414. The number of carboxylic acid groups (broad SMARTS) is 1. The van der Waals surface area contributed by atoms with Crippen LogP contribution in [0.2, 0.25) is 0 Å². The van der Waals surface area contributed by atoms with Gasteiger partial charge in [0.25, 0.3) is 0 Å². The molecule has 0 aromatic rings. The van der Waals surface area contributed by atoms with E-state index in [1.807, 2.05) is 43.6 Å². The highest BCUT2D eigenvalue weighted by molar-refractivity contribution is 14.1. The third-order valence-electron chi connectivity index (χ3n) is 2.24. The van der Waals surface area contributed by atoms with E-state index in [0.717, 1.165) is 6.42 Å². The quantitative estimate of drug-likeness (QED) is 0.477. The summed E-state index contributed by atoms with van der Waals surface area (Å²) in [5, 5.41) is 8.96. The number of rotatable bonds is 4. The maximum Gasteiger partial charge on any atom is 0.321 e. The molecule has 0 radical (unpaired) electrons. The zero-order valence-corrected chi connectivity index (χ0v) is 10.1. The summed E-state index contributed by atoms with van der Waals surface area (Å²) in [4.78, 5) is 10.9. The molecule has 0 amide bonds. The molecule has 70 valence electrons. The fourth-order valence-electron chi connectivity index (χ4n) is 1.16. The van der Waals surface area contributed by atoms with Crippen LogP contribution in [0.3, 0.4) is 0 Å². The fourth-order valence-corrected chi connectivity index (χ4v) is 2.15. The van der Waals surface area contributed by atoms with Gasteiger partial charge in [-0.3, -0.25) is 7.82 Å². The second kappa shape index (κ2) is 4.46. The van der Waals surface area contributed by atoms with Crippen molar-refractivity contribution < 1.29 is 9.90 Å². The predicted octanol–water partition coefficient (Wildman–Crippen LogP) is 1.08. The van der Waals surface area contributed by atoms with Gasteiger partial charge in [0.1, 0.15) is 6.04 Å². The zero-order valence-electron chi connectivity index (χ0n) is 7.97. The predicted molar refractivity (Wildman–Crippen MR) is 59.9 cm³/mol. The molecular formula is C7H15BINO2. The van der Waals surface area contributed by atoms with Crippen molar-refractivity contribution in [3.05, 3.63) is 0 Å². The number of nitrogens with zero attached hydrogens (tertiary/aromatic N) is 1. The van der Waals surface area contributed by atoms with Crippen LogP contribution in [0.1, 0.15) is 27.2 Å². The van der Waals surface area contributed by atoms with Crippen molar-refractivity contribution in [2.24, 2.45) is 5.41 Å². The van der Waals surface area contributed by atoms with E-state index in [-0.39, 0.29) is 5.41 Å². The van der Waals surface area contributed by atoms with Gasteiger partial charge in [-0.15, -0.1) is 0 Å². The second-order valence-corrected chi connectivity index (χ2v) is 5.13. The first kappa shape index (κ1) is 12.2. The molecule has 0 fully saturated rings. The average Bonchev–Trinajstić information content (AvgIpc) is 1.84. The molecule has 3 nitrogen and oxygen atoms in total. The standard InChI is InChI=1S/C7H15BINO2/c1-4-7(2,3)5(6(11)12)10(8)9/h5H,4,8H2,1-3H3,(H,11,12). The molecule has 12 heavy (non-hydrogen) atoms. The molecule has 0 aliphatic carbocycles. The number of carboxylic acids is 1. The summed E-state index contributed by atoms with van der Waals surface area (Å²) in [5.41, 5.74) is -0.179. The minimum atomic E-state index is -0.751. The second-order valence-electron chi connectivity index (χ2n) is 3.61. The van der Waals surface area contributed by atoms with Gasteiger partial charge in [-0.05, 0) is 11.8 Å². The summed E-state index contributed by atoms with van der Waals surface area (Å²) in [6.45, 7) is 5.96. The summed E-state index contributed by atoms with van der Waals surface area (Å²) < 4.78 is 1.73. The molecule has 1 atom stereocenters. The third kappa shape index (κ3) is 2.93. The summed E-state index contributed by atoms with van der Waals surface area (Å²) in [7, 11) is 1.79. The van der Waals surface area contributed by atoms with E-state index in [0.29, 0.717) is 0 Å². The van der Waals surface area contributed by atoms with Crippen molar-refractivity contribution in [1.29, 1.82) is 0 Å². The molecule has 0 saturated carbocycles. The molecule has 0 aromatic heterocycles. The average molecular weight is 283 g/mol. The Balaban J connectivity index is 4.62. The van der Waals surface area contributed by atoms with Crippen LogP contribution in [0, 0.1) is 5.41 Å². The first-order valence-corrected chi connectivity index (χ1v) is 4.91. The summed E-state index contributed by atoms with van der Waals surface area (Å²) in [6.07, 6.45) is 0.858. The molecule has 1 unspecified atom stereocenters. The van der Waals surface area contributed by atoms with Crippen LogP contribution in [0.4, 0.5) is 0 Å². The van der Waals surface area contributed by atoms with Crippen LogP contribution in [0.25, 0.3) is 0 Å². The van der Waals surface area contributed by atoms with Crippen LogP contribution in [-0.4, -0.2) is 28.1 Å². The molecular weight excluding hydrogens is 268 g/mol. The number of hydrogen-bond donors (Lipinski definition) is 1. The SMILES string of the molecule is BN(I)C(C(=O)O)C(C)(C)CC. The smallest absolute Gasteiger partial charge is 0.321 e. The van der Waals surface area contributed by atoms with Gasteiger partial charge >= 0.3 is 5.97 Å². The Hall–Kier alpha value is 0.225. The van der Waals surface area contributed by atoms with E-state index in [4.69, 9.17) is 5.11 Å². The fraction of sp³-hybridized carbons (Fsp3) is 0.857. The largest absolute Gasteiger partial charge is 0.480 e. The lowest BCUT2D eigenvalue weighted by molar-refractivity contribution is -0.143. The maximum absolute atomic E-state index is 10.9. The normalized spacial score (nSPS) is 14.8. The van der Waals surface area contributed by atoms with Crippen molar-refractivity contribution in [3.8, 4) is 0 Å². The van der Waals surface area contributed by atoms with Gasteiger partial charge in [0, 0.05) is 22.9 Å². The number of halogens is 1. The molecule has 0 saturated heterocycles. The van der Waals surface area contributed by atoms with Gasteiger partial charge in [0.15, 0.2) is 7.98 Å². The monoisotopic (exact) mass is 283 g/mol. The Kier molecular flexibility index (Phi) is 4.54. The molecule has 0 aromatic carbocycles. The van der Waals surface area contributed by atoms with Gasteiger partial charge in [-0.1, -0.05) is 20.8 Å². The van der Waals surface area contributed by atoms with Crippen LogP contribution >= 0.6 is 22.9 Å². The van der Waals surface area contributed by atoms with Crippen molar-refractivity contribution in [2.45, 2.75) is 33.2 Å².